The van der Waals surface area contributed by atoms with Crippen molar-refractivity contribution in [2.75, 3.05) is 0 Å². The molecule has 0 radical (unpaired) electrons. The van der Waals surface area contributed by atoms with Crippen LogP contribution in [0.3, 0.4) is 0 Å². The molecule has 0 saturated carbocycles. The Morgan fingerprint density at radius 1 is 0.760 bits per heavy atom. The summed E-state index contributed by atoms with van der Waals surface area (Å²) in [6.07, 6.45) is 24.2. The molecule has 0 rings (SSSR count). The van der Waals surface area contributed by atoms with Crippen LogP contribution in [0.25, 0.3) is 0 Å². The third-order valence-corrected chi connectivity index (χ3v) is 3.54. The maximum absolute atomic E-state index is 10.0. The predicted molar refractivity (Wildman–Crippen MR) is 95.6 cm³/mol. The van der Waals surface area contributed by atoms with Gasteiger partial charge >= 0.3 is 19.5 Å². The Bertz CT molecular complexity index is 375. The fraction of sp³-hybridized carbons (Fsp3) is 0.833. The number of rotatable bonds is 15. The van der Waals surface area contributed by atoms with E-state index in [0.29, 0.717) is 6.42 Å². The smallest absolute Gasteiger partial charge is 0.759 e. The Morgan fingerprint density at radius 3 is 1.52 bits per heavy atom. The van der Waals surface area contributed by atoms with E-state index >= 15 is 0 Å². The van der Waals surface area contributed by atoms with Crippen LogP contribution < -0.4 is 0 Å². The summed E-state index contributed by atoms with van der Waals surface area (Å²) >= 11 is 0. The van der Waals surface area contributed by atoms with E-state index in [0.717, 1.165) is 6.42 Å². The van der Waals surface area contributed by atoms with Crippen LogP contribution >= 0.6 is 0 Å². The normalized spacial score (nSPS) is 10.8. The molecule has 0 aromatic carbocycles. The van der Waals surface area contributed by atoms with Gasteiger partial charge in [-0.3, -0.25) is 14.7 Å². The zero-order chi connectivity index (χ0) is 18.5. The summed E-state index contributed by atoms with van der Waals surface area (Å²) in [5, 5.41) is 0. The molecule has 0 saturated heterocycles. The van der Waals surface area contributed by atoms with Crippen molar-refractivity contribution < 1.29 is 41.8 Å². The van der Waals surface area contributed by atoms with Crippen LogP contribution in [0.4, 0.5) is 0 Å². The summed E-state index contributed by atoms with van der Waals surface area (Å²) in [7, 11) is -5.17. The molecule has 0 amide bonds. The number of unbranched alkanes of at least 4 members (excludes halogenated alkanes) is 12. The second kappa shape index (κ2) is 23.9. The van der Waals surface area contributed by atoms with E-state index in [-0.39, 0.29) is 19.5 Å². The molecule has 0 bridgehead atoms. The summed E-state index contributed by atoms with van der Waals surface area (Å²) in [5.41, 5.74) is 0. The first-order valence-electron chi connectivity index (χ1n) is 9.08. The summed E-state index contributed by atoms with van der Waals surface area (Å²) in [4.78, 5) is 10.0. The second-order valence-corrected chi connectivity index (χ2v) is 6.70. The predicted octanol–water partition coefficient (Wildman–Crippen LogP) is 4.79. The number of hydrogen-bond donors (Lipinski definition) is 0. The molecule has 7 heteroatoms. The first-order valence-corrected chi connectivity index (χ1v) is 10.4. The topological polar surface area (TPSA) is 97.3 Å². The molecule has 0 spiro atoms. The van der Waals surface area contributed by atoms with Crippen LogP contribution in [-0.4, -0.2) is 23.8 Å². The van der Waals surface area contributed by atoms with Crippen molar-refractivity contribution in [2.45, 2.75) is 96.8 Å². The van der Waals surface area contributed by atoms with Crippen molar-refractivity contribution in [3.63, 3.8) is 0 Å². The largest absolute Gasteiger partial charge is 2.00 e. The maximum atomic E-state index is 10.0. The Kier molecular flexibility index (Phi) is 28.4. The first-order chi connectivity index (χ1) is 11.4. The summed E-state index contributed by atoms with van der Waals surface area (Å²) < 4.78 is 34.1. The molecular formula is C18H33O5SZn-. The van der Waals surface area contributed by atoms with Crippen molar-refractivity contribution in [3.8, 4) is 0 Å². The average Bonchev–Trinajstić information content (AvgIpc) is 2.49. The zero-order valence-corrected chi connectivity index (χ0v) is 19.5. The Balaban J connectivity index is -0.000000704. The Morgan fingerprint density at radius 2 is 1.12 bits per heavy atom. The molecule has 0 N–H and O–H groups in total. The SMILES string of the molecule is CCCCCCCC/C=C\CCCCCCC[C-]=O.O=S(=O)([O-])[O-].[Zn+2]. The van der Waals surface area contributed by atoms with Gasteiger partial charge in [-0.1, -0.05) is 76.9 Å². The van der Waals surface area contributed by atoms with Crippen LogP contribution in [-0.2, 0) is 34.7 Å². The zero-order valence-electron chi connectivity index (χ0n) is 15.7. The summed E-state index contributed by atoms with van der Waals surface area (Å²) in [6.45, 7) is 2.27. The van der Waals surface area contributed by atoms with Crippen molar-refractivity contribution in [1.82, 2.24) is 0 Å². The van der Waals surface area contributed by atoms with Gasteiger partial charge in [-0.05, 0) is 25.7 Å². The number of carbonyl (C=O) groups excluding carboxylic acids is 1. The van der Waals surface area contributed by atoms with Gasteiger partial charge in [0.2, 0.25) is 0 Å². The molecule has 5 nitrogen and oxygen atoms in total. The molecule has 0 unspecified atom stereocenters. The van der Waals surface area contributed by atoms with Gasteiger partial charge in [0.25, 0.3) is 0 Å². The second-order valence-electron chi connectivity index (χ2n) is 5.89. The van der Waals surface area contributed by atoms with Crippen LogP contribution in [0.2, 0.25) is 0 Å². The molecule has 0 atom stereocenters. The summed E-state index contributed by atoms with van der Waals surface area (Å²) in [5.74, 6) is 0. The molecule has 0 aromatic heterocycles. The van der Waals surface area contributed by atoms with Gasteiger partial charge in [0, 0.05) is 10.4 Å². The van der Waals surface area contributed by atoms with E-state index in [4.69, 9.17) is 17.5 Å². The van der Waals surface area contributed by atoms with E-state index in [1.165, 1.54) is 77.0 Å². The first kappa shape index (κ1) is 29.7. The van der Waals surface area contributed by atoms with Crippen molar-refractivity contribution in [3.05, 3.63) is 12.2 Å². The Labute approximate surface area is 167 Å². The monoisotopic (exact) mass is 425 g/mol. The molecule has 0 heterocycles. The van der Waals surface area contributed by atoms with Gasteiger partial charge in [-0.25, -0.2) is 0 Å². The van der Waals surface area contributed by atoms with Gasteiger partial charge in [0.15, 0.2) is 0 Å². The summed E-state index contributed by atoms with van der Waals surface area (Å²) in [6, 6.07) is 0. The van der Waals surface area contributed by atoms with Gasteiger partial charge in [-0.15, -0.1) is 0 Å². The van der Waals surface area contributed by atoms with Crippen molar-refractivity contribution >= 4 is 16.7 Å². The molecule has 0 fully saturated rings. The fourth-order valence-corrected chi connectivity index (χ4v) is 2.27. The molecule has 144 valence electrons. The van der Waals surface area contributed by atoms with E-state index in [2.05, 4.69) is 19.1 Å². The van der Waals surface area contributed by atoms with E-state index in [1.807, 2.05) is 6.29 Å². The Hall–Kier alpha value is -0.0966. The van der Waals surface area contributed by atoms with E-state index < -0.39 is 10.4 Å². The van der Waals surface area contributed by atoms with Gasteiger partial charge in [0.05, 0.1) is 0 Å². The van der Waals surface area contributed by atoms with Gasteiger partial charge in [-0.2, -0.15) is 6.42 Å². The third-order valence-electron chi connectivity index (χ3n) is 3.54. The fourth-order valence-electron chi connectivity index (χ4n) is 2.27. The van der Waals surface area contributed by atoms with Gasteiger partial charge < -0.3 is 13.9 Å². The van der Waals surface area contributed by atoms with Crippen LogP contribution in [0.15, 0.2) is 12.2 Å². The standard InChI is InChI=1S/C18H33O.H2O4S.Zn/c1-2-3-4-5-6-7-8-9-10-11-12-13-14-15-16-17-18-19;1-5(2,3)4;/h9-10H,2-8,11-17H2,1H3;(H2,1,2,3,4);/q-1;;+2/p-2/b10-9-;;. The molecule has 0 aliphatic heterocycles. The molecule has 0 aromatic rings. The van der Waals surface area contributed by atoms with Crippen LogP contribution in [0, 0.1) is 0 Å². The van der Waals surface area contributed by atoms with Crippen LogP contribution in [0.5, 0.6) is 0 Å². The number of allylic oxidation sites excluding steroid dienone is 2. The minimum atomic E-state index is -5.17. The maximum Gasteiger partial charge on any atom is 2.00 e. The van der Waals surface area contributed by atoms with E-state index in [9.17, 15) is 4.79 Å². The average molecular weight is 427 g/mol. The molecule has 0 aliphatic carbocycles. The molecule has 25 heavy (non-hydrogen) atoms. The van der Waals surface area contributed by atoms with Crippen molar-refractivity contribution in [2.24, 2.45) is 0 Å². The molecule has 0 aliphatic rings. The quantitative estimate of drug-likeness (QED) is 0.0935. The number of hydrogen-bond acceptors (Lipinski definition) is 5. The van der Waals surface area contributed by atoms with Gasteiger partial charge in [0.1, 0.15) is 0 Å². The van der Waals surface area contributed by atoms with E-state index in [1.54, 1.807) is 0 Å². The third kappa shape index (κ3) is 45.3. The minimum absolute atomic E-state index is 0. The minimum Gasteiger partial charge on any atom is -0.759 e. The molecular weight excluding hydrogens is 394 g/mol. The van der Waals surface area contributed by atoms with Crippen LogP contribution in [0.1, 0.15) is 96.8 Å². The van der Waals surface area contributed by atoms with Crippen molar-refractivity contribution in [1.29, 1.82) is 0 Å².